The zero-order chi connectivity index (χ0) is 25.8. The Morgan fingerprint density at radius 2 is 1.70 bits per heavy atom. The largest absolute Gasteiger partial charge is 0.490 e. The fourth-order valence-electron chi connectivity index (χ4n) is 4.70. The zero-order valence-electron chi connectivity index (χ0n) is 21.4. The molecule has 0 radical (unpaired) electrons. The van der Waals surface area contributed by atoms with Gasteiger partial charge >= 0.3 is 5.97 Å². The predicted octanol–water partition coefficient (Wildman–Crippen LogP) is 6.21. The molecule has 2 heterocycles. The number of hydrogen-bond acceptors (Lipinski definition) is 6. The summed E-state index contributed by atoms with van der Waals surface area (Å²) in [7, 11) is 0. The van der Waals surface area contributed by atoms with Gasteiger partial charge in [0.25, 0.3) is 0 Å². The van der Waals surface area contributed by atoms with Crippen molar-refractivity contribution in [3.8, 4) is 11.5 Å². The fourth-order valence-corrected chi connectivity index (χ4v) is 4.70. The zero-order valence-corrected chi connectivity index (χ0v) is 21.4. The van der Waals surface area contributed by atoms with E-state index in [0.29, 0.717) is 41.9 Å². The van der Waals surface area contributed by atoms with Crippen LogP contribution in [0.3, 0.4) is 0 Å². The van der Waals surface area contributed by atoms with E-state index in [2.05, 4.69) is 16.8 Å². The van der Waals surface area contributed by atoms with E-state index >= 15 is 0 Å². The Morgan fingerprint density at radius 1 is 0.919 bits per heavy atom. The number of carbonyl (C=O) groups excluding carboxylic acids is 1. The van der Waals surface area contributed by atoms with E-state index in [1.54, 1.807) is 0 Å². The van der Waals surface area contributed by atoms with E-state index in [1.807, 2.05) is 86.6 Å². The van der Waals surface area contributed by atoms with Crippen LogP contribution in [0.25, 0.3) is 16.7 Å². The molecular formula is C30H31N3O4. The molecule has 1 aliphatic heterocycles. The van der Waals surface area contributed by atoms with Gasteiger partial charge in [-0.1, -0.05) is 55.5 Å². The molecule has 7 heteroatoms. The Kier molecular flexibility index (Phi) is 7.12. The Labute approximate surface area is 216 Å². The molecule has 0 amide bonds. The quantitative estimate of drug-likeness (QED) is 0.277. The topological polar surface area (TPSA) is 74.6 Å². The van der Waals surface area contributed by atoms with E-state index in [4.69, 9.17) is 19.2 Å². The molecule has 1 aliphatic rings. The van der Waals surface area contributed by atoms with Crippen LogP contribution in [0.1, 0.15) is 44.4 Å². The summed E-state index contributed by atoms with van der Waals surface area (Å²) >= 11 is 0. The second-order valence-corrected chi connectivity index (χ2v) is 8.68. The average molecular weight is 498 g/mol. The van der Waals surface area contributed by atoms with Gasteiger partial charge in [-0.05, 0) is 55.7 Å². The summed E-state index contributed by atoms with van der Waals surface area (Å²) < 4.78 is 19.6. The van der Waals surface area contributed by atoms with Crippen molar-refractivity contribution in [1.29, 1.82) is 0 Å². The number of esters is 1. The number of nitrogens with zero attached hydrogens (tertiary/aromatic N) is 2. The smallest absolute Gasteiger partial charge is 0.338 e. The summed E-state index contributed by atoms with van der Waals surface area (Å²) in [6.07, 6.45) is 0.891. The number of nitrogens with one attached hydrogen (secondary N) is 1. The van der Waals surface area contributed by atoms with E-state index in [9.17, 15) is 4.79 Å². The first-order chi connectivity index (χ1) is 18.2. The molecule has 190 valence electrons. The number of imidazole rings is 1. The highest BCUT2D eigenvalue weighted by molar-refractivity contribution is 6.03. The van der Waals surface area contributed by atoms with Crippen LogP contribution in [0.2, 0.25) is 0 Å². The molecule has 1 atom stereocenters. The van der Waals surface area contributed by atoms with Gasteiger partial charge in [-0.2, -0.15) is 0 Å². The van der Waals surface area contributed by atoms with E-state index in [0.717, 1.165) is 28.6 Å². The summed E-state index contributed by atoms with van der Waals surface area (Å²) in [5.74, 6) is 1.60. The number of carbonyl (C=O) groups is 1. The normalized spacial score (nSPS) is 14.7. The van der Waals surface area contributed by atoms with Gasteiger partial charge in [0.1, 0.15) is 0 Å². The minimum absolute atomic E-state index is 0.267. The minimum Gasteiger partial charge on any atom is -0.490 e. The van der Waals surface area contributed by atoms with Crippen molar-refractivity contribution in [2.45, 2.75) is 33.2 Å². The number of aromatic nitrogens is 2. The number of hydrogen-bond donors (Lipinski definition) is 1. The number of anilines is 1. The van der Waals surface area contributed by atoms with Crippen LogP contribution in [0.4, 0.5) is 5.95 Å². The number of benzene rings is 3. The summed E-state index contributed by atoms with van der Waals surface area (Å²) in [6, 6.07) is 23.1. The second-order valence-electron chi connectivity index (χ2n) is 8.68. The average Bonchev–Trinajstić information content (AvgIpc) is 3.30. The number of ether oxygens (including phenoxy) is 3. The van der Waals surface area contributed by atoms with Gasteiger partial charge in [-0.3, -0.25) is 4.57 Å². The first-order valence-corrected chi connectivity index (χ1v) is 12.8. The fraction of sp³-hybridized carbons (Fsp3) is 0.267. The molecule has 5 rings (SSSR count). The van der Waals surface area contributed by atoms with Crippen LogP contribution >= 0.6 is 0 Å². The first-order valence-electron chi connectivity index (χ1n) is 12.8. The first kappa shape index (κ1) is 24.4. The monoisotopic (exact) mass is 497 g/mol. The third kappa shape index (κ3) is 4.65. The van der Waals surface area contributed by atoms with Gasteiger partial charge < -0.3 is 19.5 Å². The van der Waals surface area contributed by atoms with Crippen LogP contribution in [-0.4, -0.2) is 35.3 Å². The molecule has 0 aliphatic carbocycles. The molecule has 0 saturated heterocycles. The third-order valence-corrected chi connectivity index (χ3v) is 6.24. The van der Waals surface area contributed by atoms with Gasteiger partial charge in [0.15, 0.2) is 11.5 Å². The number of para-hydroxylation sites is 2. The van der Waals surface area contributed by atoms with Gasteiger partial charge in [-0.25, -0.2) is 9.78 Å². The van der Waals surface area contributed by atoms with Gasteiger partial charge in [0, 0.05) is 0 Å². The Balaban J connectivity index is 1.78. The van der Waals surface area contributed by atoms with Crippen LogP contribution in [-0.2, 0) is 9.53 Å². The summed E-state index contributed by atoms with van der Waals surface area (Å²) in [4.78, 5) is 18.5. The van der Waals surface area contributed by atoms with Crippen LogP contribution in [0.5, 0.6) is 11.5 Å². The van der Waals surface area contributed by atoms with Crippen LogP contribution in [0.15, 0.2) is 78.4 Å². The molecule has 0 fully saturated rings. The summed E-state index contributed by atoms with van der Waals surface area (Å²) in [5, 5.41) is 3.45. The van der Waals surface area contributed by atoms with Crippen molar-refractivity contribution < 1.29 is 19.0 Å². The molecule has 0 spiro atoms. The third-order valence-electron chi connectivity index (χ3n) is 6.24. The second kappa shape index (κ2) is 10.8. The number of rotatable bonds is 9. The van der Waals surface area contributed by atoms with Crippen LogP contribution < -0.4 is 14.8 Å². The summed E-state index contributed by atoms with van der Waals surface area (Å²) in [6.45, 7) is 7.18. The van der Waals surface area contributed by atoms with E-state index in [1.165, 1.54) is 0 Å². The van der Waals surface area contributed by atoms with Crippen molar-refractivity contribution in [1.82, 2.24) is 9.55 Å². The highest BCUT2D eigenvalue weighted by Crippen LogP contribution is 2.44. The van der Waals surface area contributed by atoms with Gasteiger partial charge in [-0.15, -0.1) is 0 Å². The lowest BCUT2D eigenvalue weighted by Gasteiger charge is -2.31. The lowest BCUT2D eigenvalue weighted by atomic mass is 9.92. The van der Waals surface area contributed by atoms with Gasteiger partial charge in [0.2, 0.25) is 5.95 Å². The molecule has 4 aromatic rings. The summed E-state index contributed by atoms with van der Waals surface area (Å²) in [5.41, 5.74) is 4.68. The number of fused-ring (bicyclic) bond motifs is 3. The molecule has 1 unspecified atom stereocenters. The highest BCUT2D eigenvalue weighted by Gasteiger charge is 2.37. The lowest BCUT2D eigenvalue weighted by molar-refractivity contribution is -0.138. The van der Waals surface area contributed by atoms with Crippen LogP contribution in [0, 0.1) is 0 Å². The minimum atomic E-state index is -0.502. The maximum atomic E-state index is 13.6. The standard InChI is InChI=1S/C30H31N3O4/c1-4-18-37-24-17-16-21(19-25(24)35-5-2)28-26(29(34)36-6-3)27(20-12-8-7-9-13-20)32-30-31-22-14-10-11-15-23(22)33(28)30/h7-17,19,28H,4-6,18H2,1-3H3,(H,31,32). The molecule has 3 aromatic carbocycles. The van der Waals surface area contributed by atoms with E-state index in [-0.39, 0.29) is 12.6 Å². The van der Waals surface area contributed by atoms with Crippen molar-refractivity contribution in [3.63, 3.8) is 0 Å². The Hall–Kier alpha value is -4.26. The van der Waals surface area contributed by atoms with Crippen molar-refractivity contribution in [2.75, 3.05) is 25.1 Å². The predicted molar refractivity (Wildman–Crippen MR) is 145 cm³/mol. The molecule has 7 nitrogen and oxygen atoms in total. The maximum absolute atomic E-state index is 13.6. The Bertz CT molecular complexity index is 1440. The van der Waals surface area contributed by atoms with Crippen molar-refractivity contribution >= 4 is 28.6 Å². The molecule has 1 aromatic heterocycles. The molecule has 1 N–H and O–H groups in total. The molecule has 37 heavy (non-hydrogen) atoms. The van der Waals surface area contributed by atoms with E-state index < -0.39 is 6.04 Å². The lowest BCUT2D eigenvalue weighted by Crippen LogP contribution is -2.29. The molecule has 0 bridgehead atoms. The maximum Gasteiger partial charge on any atom is 0.338 e. The highest BCUT2D eigenvalue weighted by atomic mass is 16.5. The van der Waals surface area contributed by atoms with Crippen molar-refractivity contribution in [2.24, 2.45) is 0 Å². The molecular weight excluding hydrogens is 466 g/mol. The van der Waals surface area contributed by atoms with Gasteiger partial charge in [0.05, 0.1) is 48.2 Å². The SMILES string of the molecule is CCCOc1ccc(C2C(C(=O)OCC)=C(c3ccccc3)Nc3nc4ccccc4n32)cc1OCC. The molecule has 0 saturated carbocycles. The van der Waals surface area contributed by atoms with Crippen molar-refractivity contribution in [3.05, 3.63) is 89.5 Å². The Morgan fingerprint density at radius 3 is 2.46 bits per heavy atom.